The zero-order chi connectivity index (χ0) is 27.4. The minimum Gasteiger partial charge on any atom is -0.317 e. The number of amides is 1. The van der Waals surface area contributed by atoms with Crippen LogP contribution in [0.5, 0.6) is 0 Å². The Hall–Kier alpha value is -4.93. The van der Waals surface area contributed by atoms with E-state index in [9.17, 15) is 14.0 Å². The molecule has 7 rings (SSSR count). The van der Waals surface area contributed by atoms with E-state index in [0.717, 1.165) is 42.5 Å². The summed E-state index contributed by atoms with van der Waals surface area (Å²) in [5, 5.41) is 17.9. The average Bonchev–Trinajstić information content (AvgIpc) is 3.87. The van der Waals surface area contributed by atoms with E-state index in [1.807, 2.05) is 6.07 Å². The van der Waals surface area contributed by atoms with Crippen molar-refractivity contribution in [3.8, 4) is 33.8 Å². The monoisotopic (exact) mass is 536 g/mol. The summed E-state index contributed by atoms with van der Waals surface area (Å²) < 4.78 is 17.7. The highest BCUT2D eigenvalue weighted by molar-refractivity contribution is 6.04. The number of aryl methyl sites for hydroxylation is 1. The van der Waals surface area contributed by atoms with Crippen molar-refractivity contribution >= 4 is 11.7 Å². The highest BCUT2D eigenvalue weighted by atomic mass is 19.1. The number of H-pyrrole nitrogens is 1. The Kier molecular flexibility index (Phi) is 5.65. The lowest BCUT2D eigenvalue weighted by molar-refractivity contribution is 0.102. The summed E-state index contributed by atoms with van der Waals surface area (Å²) in [7, 11) is 1.80. The second-order valence-corrected chi connectivity index (χ2v) is 10.4. The second kappa shape index (κ2) is 9.37. The fourth-order valence-corrected chi connectivity index (χ4v) is 4.98. The quantitative estimate of drug-likeness (QED) is 0.311. The molecule has 200 valence electrons. The molecule has 2 fully saturated rings. The van der Waals surface area contributed by atoms with Gasteiger partial charge in [-0.2, -0.15) is 5.10 Å². The lowest BCUT2D eigenvalue weighted by Crippen LogP contribution is -2.29. The molecular weight excluding hydrogens is 511 g/mol. The largest absolute Gasteiger partial charge is 0.317 e. The number of pyridine rings is 2. The van der Waals surface area contributed by atoms with Crippen LogP contribution in [0.1, 0.15) is 53.7 Å². The summed E-state index contributed by atoms with van der Waals surface area (Å²) in [6, 6.07) is 11.7. The van der Waals surface area contributed by atoms with Crippen LogP contribution < -0.4 is 10.9 Å². The number of nitrogens with zero attached hydrogens (tertiary/aromatic N) is 6. The maximum atomic E-state index is 14.3. The molecule has 11 heteroatoms. The van der Waals surface area contributed by atoms with E-state index >= 15 is 0 Å². The molecule has 2 N–H and O–H groups in total. The molecule has 10 nitrogen and oxygen atoms in total. The van der Waals surface area contributed by atoms with Gasteiger partial charge in [0.25, 0.3) is 11.5 Å². The standard InChI is InChI=1S/C29H25FN8O2/c1-37-15-32-36-27(37)22-13-19(30)4-7-21(22)17-11-25(16-2-3-16)33-26(12-17)34-28(39)23-10-18(24-8-9-31-35-24)14-38(29(23)40)20-5-6-20/h4,7-16,20H,2-3,5-6H2,1H3,(H,31,35)(H,33,34,39). The first kappa shape index (κ1) is 24.1. The van der Waals surface area contributed by atoms with Crippen LogP contribution in [0.25, 0.3) is 33.8 Å². The van der Waals surface area contributed by atoms with Gasteiger partial charge in [-0.3, -0.25) is 14.7 Å². The number of aromatic nitrogens is 7. The first-order chi connectivity index (χ1) is 19.4. The maximum absolute atomic E-state index is 14.3. The van der Waals surface area contributed by atoms with Crippen molar-refractivity contribution in [2.75, 3.05) is 5.32 Å². The molecular formula is C29H25FN8O2. The molecule has 5 aromatic rings. The number of anilines is 1. The fraction of sp³-hybridized carbons (Fsp3) is 0.241. The van der Waals surface area contributed by atoms with Gasteiger partial charge in [-0.05, 0) is 73.2 Å². The third kappa shape index (κ3) is 4.49. The Morgan fingerprint density at radius 1 is 1.05 bits per heavy atom. The predicted octanol–water partition coefficient (Wildman–Crippen LogP) is 4.70. The van der Waals surface area contributed by atoms with Crippen LogP contribution in [0.4, 0.5) is 10.2 Å². The molecule has 2 aliphatic carbocycles. The summed E-state index contributed by atoms with van der Waals surface area (Å²) in [4.78, 5) is 31.6. The Bertz CT molecular complexity index is 1820. The van der Waals surface area contributed by atoms with Crippen molar-refractivity contribution in [1.82, 2.24) is 34.5 Å². The number of aromatic amines is 1. The van der Waals surface area contributed by atoms with Crippen molar-refractivity contribution < 1.29 is 9.18 Å². The summed E-state index contributed by atoms with van der Waals surface area (Å²) >= 11 is 0. The predicted molar refractivity (Wildman–Crippen MR) is 146 cm³/mol. The number of hydrogen-bond acceptors (Lipinski definition) is 6. The molecule has 40 heavy (non-hydrogen) atoms. The lowest BCUT2D eigenvalue weighted by atomic mass is 9.98. The van der Waals surface area contributed by atoms with Gasteiger partial charge >= 0.3 is 0 Å². The van der Waals surface area contributed by atoms with Crippen LogP contribution in [0.2, 0.25) is 0 Å². The van der Waals surface area contributed by atoms with E-state index < -0.39 is 11.7 Å². The minimum absolute atomic E-state index is 0.0285. The molecule has 1 amide bonds. The van der Waals surface area contributed by atoms with Gasteiger partial charge in [0.1, 0.15) is 23.5 Å². The van der Waals surface area contributed by atoms with Gasteiger partial charge in [-0.15, -0.1) is 10.2 Å². The number of benzene rings is 1. The normalized spacial score (nSPS) is 14.8. The van der Waals surface area contributed by atoms with Gasteiger partial charge in [0.15, 0.2) is 5.82 Å². The van der Waals surface area contributed by atoms with Gasteiger partial charge in [-0.25, -0.2) is 9.37 Å². The Morgan fingerprint density at radius 3 is 2.60 bits per heavy atom. The zero-order valence-electron chi connectivity index (χ0n) is 21.6. The Balaban J connectivity index is 1.30. The van der Waals surface area contributed by atoms with Gasteiger partial charge < -0.3 is 14.5 Å². The van der Waals surface area contributed by atoms with E-state index in [2.05, 4.69) is 25.7 Å². The molecule has 0 spiro atoms. The highest BCUT2D eigenvalue weighted by Crippen LogP contribution is 2.42. The van der Waals surface area contributed by atoms with Crippen LogP contribution in [0.15, 0.2) is 66.0 Å². The molecule has 4 aromatic heterocycles. The molecule has 0 unspecified atom stereocenters. The van der Waals surface area contributed by atoms with E-state index in [0.29, 0.717) is 28.5 Å². The first-order valence-electron chi connectivity index (χ1n) is 13.2. The van der Waals surface area contributed by atoms with E-state index in [-0.39, 0.29) is 23.1 Å². The summed E-state index contributed by atoms with van der Waals surface area (Å²) in [6.45, 7) is 0. The number of carbonyl (C=O) groups excluding carboxylic acids is 1. The van der Waals surface area contributed by atoms with Crippen LogP contribution in [0, 0.1) is 5.82 Å². The topological polar surface area (TPSA) is 123 Å². The third-order valence-electron chi connectivity index (χ3n) is 7.37. The second-order valence-electron chi connectivity index (χ2n) is 10.4. The number of rotatable bonds is 7. The summed E-state index contributed by atoms with van der Waals surface area (Å²) in [5.41, 5.74) is 4.00. The lowest BCUT2D eigenvalue weighted by Gasteiger charge is -2.14. The van der Waals surface area contributed by atoms with Gasteiger partial charge in [0.05, 0.1) is 5.69 Å². The maximum Gasteiger partial charge on any atom is 0.263 e. The van der Waals surface area contributed by atoms with E-state index in [1.54, 1.807) is 59.2 Å². The number of nitrogens with one attached hydrogen (secondary N) is 2. The molecule has 2 aliphatic rings. The molecule has 4 heterocycles. The SMILES string of the molecule is Cn1cnnc1-c1cc(F)ccc1-c1cc(NC(=O)c2cc(-c3ccn[nH]3)cn(C3CC3)c2=O)nc(C2CC2)c1. The van der Waals surface area contributed by atoms with Crippen LogP contribution >= 0.6 is 0 Å². The van der Waals surface area contributed by atoms with Crippen LogP contribution in [0.3, 0.4) is 0 Å². The van der Waals surface area contributed by atoms with Gasteiger partial charge in [0.2, 0.25) is 0 Å². The third-order valence-corrected chi connectivity index (χ3v) is 7.37. The number of halogens is 1. The van der Waals surface area contributed by atoms with Crippen LogP contribution in [-0.4, -0.2) is 40.4 Å². The molecule has 2 saturated carbocycles. The summed E-state index contributed by atoms with van der Waals surface area (Å²) in [6.07, 6.45) is 8.76. The molecule has 0 bridgehead atoms. The zero-order valence-corrected chi connectivity index (χ0v) is 21.6. The van der Waals surface area contributed by atoms with E-state index in [1.165, 1.54) is 12.1 Å². The van der Waals surface area contributed by atoms with Crippen molar-refractivity contribution in [2.45, 2.75) is 37.6 Å². The van der Waals surface area contributed by atoms with Gasteiger partial charge in [0, 0.05) is 48.2 Å². The minimum atomic E-state index is -0.542. The smallest absolute Gasteiger partial charge is 0.263 e. The number of hydrogen-bond donors (Lipinski definition) is 2. The molecule has 0 radical (unpaired) electrons. The van der Waals surface area contributed by atoms with Gasteiger partial charge in [-0.1, -0.05) is 6.07 Å². The van der Waals surface area contributed by atoms with Crippen molar-refractivity contribution in [3.05, 3.63) is 88.6 Å². The molecule has 0 saturated heterocycles. The highest BCUT2D eigenvalue weighted by Gasteiger charge is 2.29. The van der Waals surface area contributed by atoms with E-state index in [4.69, 9.17) is 4.98 Å². The summed E-state index contributed by atoms with van der Waals surface area (Å²) in [5.74, 6) is 0.184. The van der Waals surface area contributed by atoms with Crippen molar-refractivity contribution in [1.29, 1.82) is 0 Å². The van der Waals surface area contributed by atoms with Crippen molar-refractivity contribution in [2.24, 2.45) is 7.05 Å². The fourth-order valence-electron chi connectivity index (χ4n) is 4.98. The average molecular weight is 537 g/mol. The molecule has 1 aromatic carbocycles. The van der Waals surface area contributed by atoms with Crippen LogP contribution in [-0.2, 0) is 7.05 Å². The Morgan fingerprint density at radius 2 is 1.90 bits per heavy atom. The van der Waals surface area contributed by atoms with Crippen molar-refractivity contribution in [3.63, 3.8) is 0 Å². The number of carbonyl (C=O) groups is 1. The molecule has 0 atom stereocenters. The molecule has 0 aliphatic heterocycles. The Labute approximate surface area is 227 Å². The first-order valence-corrected chi connectivity index (χ1v) is 13.2.